The second kappa shape index (κ2) is 7.00. The second-order valence-electron chi connectivity index (χ2n) is 6.98. The summed E-state index contributed by atoms with van der Waals surface area (Å²) < 4.78 is 24.4. The van der Waals surface area contributed by atoms with Gasteiger partial charge in [0.2, 0.25) is 0 Å². The minimum absolute atomic E-state index is 0.0984. The Morgan fingerprint density at radius 3 is 2.56 bits per heavy atom. The largest absolute Gasteiger partial charge is 0.315 e. The summed E-state index contributed by atoms with van der Waals surface area (Å²) in [6, 6.07) is 7.63. The van der Waals surface area contributed by atoms with Gasteiger partial charge in [0.1, 0.15) is 0 Å². The van der Waals surface area contributed by atoms with E-state index in [-0.39, 0.29) is 5.56 Å². The summed E-state index contributed by atoms with van der Waals surface area (Å²) in [6.45, 7) is 9.44. The third-order valence-corrected chi connectivity index (χ3v) is 6.97. The fourth-order valence-electron chi connectivity index (χ4n) is 2.56. The van der Waals surface area contributed by atoms with Crippen molar-refractivity contribution in [3.05, 3.63) is 65.1 Å². The van der Waals surface area contributed by atoms with Gasteiger partial charge >= 0.3 is 0 Å². The molecular formula is C20H25NO3S. The molecule has 0 aliphatic heterocycles. The first-order valence-corrected chi connectivity index (χ1v) is 10.1. The molecule has 0 saturated carbocycles. The molecule has 0 unspecified atom stereocenters. The van der Waals surface area contributed by atoms with Crippen molar-refractivity contribution >= 4 is 26.2 Å². The lowest BCUT2D eigenvalue weighted by Crippen LogP contribution is -2.33. The molecule has 1 aromatic heterocycles. The molecule has 0 N–H and O–H groups in total. The molecule has 4 nitrogen and oxygen atoms in total. The van der Waals surface area contributed by atoms with Gasteiger partial charge in [0.25, 0.3) is 5.56 Å². The maximum atomic E-state index is 12.7. The number of hydrogen-bond acceptors (Lipinski definition) is 3. The average molecular weight is 359 g/mol. The van der Waals surface area contributed by atoms with Crippen molar-refractivity contribution < 1.29 is 8.42 Å². The van der Waals surface area contributed by atoms with Crippen LogP contribution in [0.5, 0.6) is 0 Å². The van der Waals surface area contributed by atoms with Crippen LogP contribution in [0.3, 0.4) is 0 Å². The Labute approximate surface area is 149 Å². The number of nitrogens with zero attached hydrogens (tertiary/aromatic N) is 1. The zero-order valence-corrected chi connectivity index (χ0v) is 16.1. The van der Waals surface area contributed by atoms with E-state index in [2.05, 4.69) is 6.58 Å². The van der Waals surface area contributed by atoms with Crippen LogP contribution in [0.1, 0.15) is 32.8 Å². The molecule has 25 heavy (non-hydrogen) atoms. The van der Waals surface area contributed by atoms with E-state index in [1.54, 1.807) is 30.7 Å². The molecule has 0 aliphatic rings. The topological polar surface area (TPSA) is 56.1 Å². The molecule has 0 aliphatic carbocycles. The molecule has 0 atom stereocenters. The third-order valence-electron chi connectivity index (χ3n) is 4.76. The van der Waals surface area contributed by atoms with E-state index in [4.69, 9.17) is 0 Å². The quantitative estimate of drug-likeness (QED) is 0.737. The van der Waals surface area contributed by atoms with Gasteiger partial charge in [0.15, 0.2) is 9.84 Å². The van der Waals surface area contributed by atoms with Crippen LogP contribution in [-0.2, 0) is 16.4 Å². The van der Waals surface area contributed by atoms with Gasteiger partial charge in [-0.1, -0.05) is 24.8 Å². The molecule has 0 amide bonds. The molecule has 2 aromatic rings. The Bertz CT molecular complexity index is 995. The van der Waals surface area contributed by atoms with Crippen LogP contribution in [0.4, 0.5) is 0 Å². The van der Waals surface area contributed by atoms with E-state index in [0.717, 1.165) is 16.5 Å². The normalized spacial score (nSPS) is 13.2. The van der Waals surface area contributed by atoms with E-state index < -0.39 is 14.6 Å². The van der Waals surface area contributed by atoms with E-state index in [0.29, 0.717) is 18.4 Å². The van der Waals surface area contributed by atoms with E-state index in [1.807, 2.05) is 37.3 Å². The minimum atomic E-state index is -3.18. The minimum Gasteiger partial charge on any atom is -0.315 e. The Hall–Kier alpha value is -2.14. The van der Waals surface area contributed by atoms with Gasteiger partial charge in [0.05, 0.1) is 4.75 Å². The van der Waals surface area contributed by atoms with Crippen molar-refractivity contribution in [1.82, 2.24) is 4.57 Å². The van der Waals surface area contributed by atoms with E-state index >= 15 is 0 Å². The van der Waals surface area contributed by atoms with Crippen molar-refractivity contribution in [2.24, 2.45) is 0 Å². The van der Waals surface area contributed by atoms with Gasteiger partial charge in [-0.15, -0.1) is 0 Å². The van der Waals surface area contributed by atoms with Crippen LogP contribution in [0, 0.1) is 0 Å². The summed E-state index contributed by atoms with van der Waals surface area (Å²) in [5.41, 5.74) is 2.03. The zero-order chi connectivity index (χ0) is 18.8. The molecule has 5 heteroatoms. The first-order chi connectivity index (χ1) is 11.6. The average Bonchev–Trinajstić information content (AvgIpc) is 2.53. The molecule has 0 radical (unpaired) electrons. The lowest BCUT2D eigenvalue weighted by Gasteiger charge is -2.22. The highest BCUT2D eigenvalue weighted by Crippen LogP contribution is 2.22. The number of benzene rings is 1. The van der Waals surface area contributed by atoms with E-state index in [9.17, 15) is 13.2 Å². The molecule has 0 saturated heterocycles. The molecule has 1 aromatic carbocycles. The molecule has 0 spiro atoms. The highest BCUT2D eigenvalue weighted by molar-refractivity contribution is 7.92. The van der Waals surface area contributed by atoms with Gasteiger partial charge < -0.3 is 4.57 Å². The van der Waals surface area contributed by atoms with Crippen LogP contribution in [0.2, 0.25) is 0 Å². The summed E-state index contributed by atoms with van der Waals surface area (Å²) >= 11 is 0. The molecule has 2 rings (SSSR count). The molecule has 134 valence electrons. The van der Waals surface area contributed by atoms with Crippen LogP contribution < -0.4 is 5.56 Å². The fourth-order valence-corrected chi connectivity index (χ4v) is 3.02. The van der Waals surface area contributed by atoms with Crippen molar-refractivity contribution in [3.8, 4) is 0 Å². The van der Waals surface area contributed by atoms with Crippen LogP contribution >= 0.6 is 0 Å². The van der Waals surface area contributed by atoms with Gasteiger partial charge in [-0.2, -0.15) is 0 Å². The predicted molar refractivity (Wildman–Crippen MR) is 106 cm³/mol. The number of pyridine rings is 1. The highest BCUT2D eigenvalue weighted by atomic mass is 32.2. The van der Waals surface area contributed by atoms with Crippen molar-refractivity contribution in [2.45, 2.75) is 38.5 Å². The Morgan fingerprint density at radius 1 is 1.28 bits per heavy atom. The molecule has 0 bridgehead atoms. The van der Waals surface area contributed by atoms with Crippen molar-refractivity contribution in [3.63, 3.8) is 0 Å². The Kier molecular flexibility index (Phi) is 5.37. The molecular weight excluding hydrogens is 334 g/mol. The Balaban J connectivity index is 2.38. The number of sulfone groups is 1. The second-order valence-corrected chi connectivity index (χ2v) is 9.63. The summed E-state index contributed by atoms with van der Waals surface area (Å²) in [7, 11) is -3.18. The highest BCUT2D eigenvalue weighted by Gasteiger charge is 2.29. The standard InChI is InChI=1S/C20H25NO3S/c1-6-7-15(2)16-8-9-18-17(14-16)10-12-21(19(18)22)13-11-20(3,4)25(5,23)24/h6-10,12,14H,1,11,13H2,2-5H3/b15-7+. The number of aromatic nitrogens is 1. The number of hydrogen-bond donors (Lipinski definition) is 0. The SMILES string of the molecule is C=C/C=C(\C)c1ccc2c(=O)n(CCC(C)(C)S(C)(=O)=O)ccc2c1. The van der Waals surface area contributed by atoms with Gasteiger partial charge in [-0.05, 0) is 61.9 Å². The lowest BCUT2D eigenvalue weighted by molar-refractivity contribution is 0.496. The predicted octanol–water partition coefficient (Wildman–Crippen LogP) is 3.80. The number of allylic oxidation sites excluding steroid dienone is 3. The first-order valence-electron chi connectivity index (χ1n) is 8.19. The fraction of sp³-hybridized carbons (Fsp3) is 0.350. The maximum Gasteiger partial charge on any atom is 0.258 e. The number of aryl methyl sites for hydroxylation is 1. The van der Waals surface area contributed by atoms with Gasteiger partial charge in [-0.25, -0.2) is 8.42 Å². The summed E-state index contributed by atoms with van der Waals surface area (Å²) in [5.74, 6) is 0. The van der Waals surface area contributed by atoms with Gasteiger partial charge in [0, 0.05) is 24.4 Å². The van der Waals surface area contributed by atoms with Crippen LogP contribution in [0.15, 0.2) is 54.0 Å². The zero-order valence-electron chi connectivity index (χ0n) is 15.2. The molecule has 1 heterocycles. The monoisotopic (exact) mass is 359 g/mol. The molecule has 0 fully saturated rings. The Morgan fingerprint density at radius 2 is 1.96 bits per heavy atom. The number of fused-ring (bicyclic) bond motifs is 1. The van der Waals surface area contributed by atoms with Gasteiger partial charge in [-0.3, -0.25) is 4.79 Å². The van der Waals surface area contributed by atoms with Crippen LogP contribution in [0.25, 0.3) is 16.3 Å². The van der Waals surface area contributed by atoms with Crippen molar-refractivity contribution in [2.75, 3.05) is 6.26 Å². The smallest absolute Gasteiger partial charge is 0.258 e. The maximum absolute atomic E-state index is 12.7. The summed E-state index contributed by atoms with van der Waals surface area (Å²) in [5, 5.41) is 1.51. The van der Waals surface area contributed by atoms with E-state index in [1.165, 1.54) is 6.26 Å². The number of rotatable bonds is 6. The third kappa shape index (κ3) is 4.10. The summed E-state index contributed by atoms with van der Waals surface area (Å²) in [4.78, 5) is 12.7. The lowest BCUT2D eigenvalue weighted by atomic mass is 10.0. The van der Waals surface area contributed by atoms with Crippen LogP contribution in [-0.4, -0.2) is 24.0 Å². The first kappa shape index (κ1) is 19.2. The summed E-state index contributed by atoms with van der Waals surface area (Å²) in [6.07, 6.45) is 7.02. The van der Waals surface area contributed by atoms with Crippen molar-refractivity contribution in [1.29, 1.82) is 0 Å².